The third kappa shape index (κ3) is 1.24. The van der Waals surface area contributed by atoms with Gasteiger partial charge in [-0.15, -0.1) is 0 Å². The molecule has 76 valence electrons. The van der Waals surface area contributed by atoms with Crippen molar-refractivity contribution in [3.63, 3.8) is 0 Å². The zero-order valence-electron chi connectivity index (χ0n) is 8.67. The Labute approximate surface area is 85.2 Å². The van der Waals surface area contributed by atoms with Gasteiger partial charge in [-0.25, -0.2) is 0 Å². The highest BCUT2D eigenvalue weighted by Gasteiger charge is 2.45. The van der Waals surface area contributed by atoms with Gasteiger partial charge < -0.3 is 4.48 Å². The fraction of sp³-hybridized carbons (Fsp3) is 0.750. The van der Waals surface area contributed by atoms with E-state index in [1.165, 1.54) is 55.5 Å². The highest BCUT2D eigenvalue weighted by molar-refractivity contribution is 5.93. The first-order valence-corrected chi connectivity index (χ1v) is 5.86. The summed E-state index contributed by atoms with van der Waals surface area (Å²) >= 11 is 0. The number of ketones is 1. The standard InChI is InChI=1S/C12H18NO/c14-12-6-10-8-13(9-11(10)7-12)4-2-1-3-5-13/h6,11H,1-5,7-9H2/q+1. The molecule has 0 bridgehead atoms. The van der Waals surface area contributed by atoms with Gasteiger partial charge in [-0.2, -0.15) is 0 Å². The van der Waals surface area contributed by atoms with Crippen LogP contribution in [0.25, 0.3) is 0 Å². The van der Waals surface area contributed by atoms with E-state index >= 15 is 0 Å². The van der Waals surface area contributed by atoms with Crippen molar-refractivity contribution in [3.05, 3.63) is 11.6 Å². The molecule has 0 N–H and O–H groups in total. The van der Waals surface area contributed by atoms with Crippen LogP contribution in [0.5, 0.6) is 0 Å². The molecule has 0 saturated carbocycles. The molecule has 2 heterocycles. The minimum Gasteiger partial charge on any atom is -0.320 e. The Bertz CT molecular complexity index is 299. The minimum atomic E-state index is 0.375. The van der Waals surface area contributed by atoms with Crippen molar-refractivity contribution in [2.24, 2.45) is 5.92 Å². The van der Waals surface area contributed by atoms with Crippen molar-refractivity contribution in [2.75, 3.05) is 26.2 Å². The predicted molar refractivity (Wildman–Crippen MR) is 54.8 cm³/mol. The van der Waals surface area contributed by atoms with Crippen LogP contribution in [0.15, 0.2) is 11.6 Å². The number of fused-ring (bicyclic) bond motifs is 1. The van der Waals surface area contributed by atoms with Gasteiger partial charge in [0, 0.05) is 12.3 Å². The fourth-order valence-corrected chi connectivity index (χ4v) is 3.56. The quantitative estimate of drug-likeness (QED) is 0.532. The van der Waals surface area contributed by atoms with E-state index < -0.39 is 0 Å². The number of hydrogen-bond acceptors (Lipinski definition) is 1. The molecule has 3 aliphatic rings. The molecule has 2 saturated heterocycles. The summed E-state index contributed by atoms with van der Waals surface area (Å²) in [5, 5.41) is 0. The average molecular weight is 192 g/mol. The molecule has 2 heteroatoms. The summed E-state index contributed by atoms with van der Waals surface area (Å²) < 4.78 is 1.31. The second-order valence-electron chi connectivity index (χ2n) is 5.28. The molecule has 0 radical (unpaired) electrons. The van der Waals surface area contributed by atoms with Crippen LogP contribution >= 0.6 is 0 Å². The largest absolute Gasteiger partial charge is 0.320 e. The van der Waals surface area contributed by atoms with Gasteiger partial charge in [0.25, 0.3) is 0 Å². The Kier molecular flexibility index (Phi) is 1.81. The van der Waals surface area contributed by atoms with Gasteiger partial charge in [0.15, 0.2) is 5.78 Å². The van der Waals surface area contributed by atoms with Gasteiger partial charge in [0.2, 0.25) is 0 Å². The van der Waals surface area contributed by atoms with Gasteiger partial charge in [0.1, 0.15) is 6.54 Å². The maximum atomic E-state index is 11.2. The number of hydrogen-bond donors (Lipinski definition) is 0. The summed E-state index contributed by atoms with van der Waals surface area (Å²) in [6, 6.07) is 0. The molecule has 3 rings (SSSR count). The SMILES string of the molecule is O=C1C=C2C[N+]3(CCCCC3)CC2C1. The molecule has 2 nitrogen and oxygen atoms in total. The van der Waals surface area contributed by atoms with Crippen LogP contribution in [0.2, 0.25) is 0 Å². The Morgan fingerprint density at radius 1 is 1.21 bits per heavy atom. The smallest absolute Gasteiger partial charge is 0.156 e. The Balaban J connectivity index is 1.81. The van der Waals surface area contributed by atoms with Crippen LogP contribution < -0.4 is 0 Å². The van der Waals surface area contributed by atoms with Crippen LogP contribution in [-0.2, 0) is 4.79 Å². The van der Waals surface area contributed by atoms with Crippen LogP contribution in [0.3, 0.4) is 0 Å². The molecule has 0 aromatic rings. The van der Waals surface area contributed by atoms with E-state index in [-0.39, 0.29) is 0 Å². The normalized spacial score (nSPS) is 34.7. The third-order valence-electron chi connectivity index (χ3n) is 4.21. The second kappa shape index (κ2) is 2.93. The Morgan fingerprint density at radius 2 is 2.00 bits per heavy atom. The topological polar surface area (TPSA) is 17.1 Å². The number of rotatable bonds is 0. The third-order valence-corrected chi connectivity index (χ3v) is 4.21. The number of nitrogens with zero attached hydrogens (tertiary/aromatic N) is 1. The lowest BCUT2D eigenvalue weighted by Gasteiger charge is -2.37. The van der Waals surface area contributed by atoms with Crippen LogP contribution in [-0.4, -0.2) is 36.4 Å². The minimum absolute atomic E-state index is 0.375. The van der Waals surface area contributed by atoms with Crippen LogP contribution in [0.4, 0.5) is 0 Å². The summed E-state index contributed by atoms with van der Waals surface area (Å²) in [6.45, 7) is 5.18. The van der Waals surface area contributed by atoms with Gasteiger partial charge in [0.05, 0.1) is 19.6 Å². The molecule has 1 spiro atoms. The van der Waals surface area contributed by atoms with Crippen molar-refractivity contribution in [2.45, 2.75) is 25.7 Å². The first-order valence-electron chi connectivity index (χ1n) is 5.86. The maximum Gasteiger partial charge on any atom is 0.156 e. The summed E-state index contributed by atoms with van der Waals surface area (Å²) in [6.07, 6.45) is 6.96. The lowest BCUT2D eigenvalue weighted by Crippen LogP contribution is -2.49. The lowest BCUT2D eigenvalue weighted by atomic mass is 10.1. The molecular weight excluding hydrogens is 174 g/mol. The molecule has 1 aliphatic carbocycles. The van der Waals surface area contributed by atoms with E-state index in [0.29, 0.717) is 11.7 Å². The molecule has 14 heavy (non-hydrogen) atoms. The van der Waals surface area contributed by atoms with Crippen LogP contribution in [0.1, 0.15) is 25.7 Å². The second-order valence-corrected chi connectivity index (χ2v) is 5.28. The molecule has 1 atom stereocenters. The molecule has 2 fully saturated rings. The van der Waals surface area contributed by atoms with Gasteiger partial charge in [-0.1, -0.05) is 0 Å². The van der Waals surface area contributed by atoms with Crippen molar-refractivity contribution >= 4 is 5.78 Å². The number of piperidine rings is 1. The predicted octanol–water partition coefficient (Wildman–Crippen LogP) is 1.52. The number of quaternary nitrogens is 1. The van der Waals surface area contributed by atoms with Gasteiger partial charge in [-0.3, -0.25) is 4.79 Å². The van der Waals surface area contributed by atoms with E-state index in [9.17, 15) is 4.79 Å². The lowest BCUT2D eigenvalue weighted by molar-refractivity contribution is -0.920. The molecular formula is C12H18NO+. The van der Waals surface area contributed by atoms with Gasteiger partial charge in [-0.05, 0) is 30.9 Å². The van der Waals surface area contributed by atoms with Crippen molar-refractivity contribution in [1.82, 2.24) is 0 Å². The number of allylic oxidation sites excluding steroid dienone is 1. The Morgan fingerprint density at radius 3 is 2.71 bits per heavy atom. The maximum absolute atomic E-state index is 11.2. The van der Waals surface area contributed by atoms with Crippen molar-refractivity contribution < 1.29 is 9.28 Å². The number of carbonyl (C=O) groups excluding carboxylic acids is 1. The first-order chi connectivity index (χ1) is 6.77. The van der Waals surface area contributed by atoms with E-state index in [4.69, 9.17) is 0 Å². The monoisotopic (exact) mass is 192 g/mol. The molecule has 0 amide bonds. The van der Waals surface area contributed by atoms with Crippen LogP contribution in [0, 0.1) is 5.92 Å². The van der Waals surface area contributed by atoms with E-state index in [1.807, 2.05) is 6.08 Å². The fourth-order valence-electron chi connectivity index (χ4n) is 3.56. The molecule has 2 aliphatic heterocycles. The highest BCUT2D eigenvalue weighted by Crippen LogP contribution is 2.37. The van der Waals surface area contributed by atoms with Crippen molar-refractivity contribution in [1.29, 1.82) is 0 Å². The van der Waals surface area contributed by atoms with E-state index in [2.05, 4.69) is 0 Å². The Hall–Kier alpha value is -0.630. The summed E-state index contributed by atoms with van der Waals surface area (Å²) in [7, 11) is 0. The average Bonchev–Trinajstić information content (AvgIpc) is 2.60. The van der Waals surface area contributed by atoms with Gasteiger partial charge >= 0.3 is 0 Å². The summed E-state index contributed by atoms with van der Waals surface area (Å²) in [4.78, 5) is 11.2. The molecule has 0 aromatic heterocycles. The van der Waals surface area contributed by atoms with Crippen molar-refractivity contribution in [3.8, 4) is 0 Å². The summed E-state index contributed by atoms with van der Waals surface area (Å²) in [5.74, 6) is 1.00. The molecule has 0 aromatic carbocycles. The van der Waals surface area contributed by atoms with E-state index in [1.54, 1.807) is 0 Å². The number of carbonyl (C=O) groups is 1. The first kappa shape index (κ1) is 8.66. The summed E-state index contributed by atoms with van der Waals surface area (Å²) in [5.41, 5.74) is 1.47. The zero-order chi connectivity index (χ0) is 9.60. The molecule has 1 unspecified atom stereocenters. The van der Waals surface area contributed by atoms with E-state index in [0.717, 1.165) is 6.42 Å². The zero-order valence-corrected chi connectivity index (χ0v) is 8.67. The highest BCUT2D eigenvalue weighted by atomic mass is 16.1.